The fourth-order valence-corrected chi connectivity index (χ4v) is 6.30. The van der Waals surface area contributed by atoms with Crippen LogP contribution < -0.4 is 21.3 Å². The molecule has 3 aliphatic rings. The van der Waals surface area contributed by atoms with Crippen LogP contribution in [0.4, 0.5) is 4.79 Å². The number of nitrogens with zero attached hydrogens (tertiary/aromatic N) is 1. The molecule has 2 aliphatic carbocycles. The minimum Gasteiger partial charge on any atom is -0.346 e. The van der Waals surface area contributed by atoms with Gasteiger partial charge in [0.15, 0.2) is 0 Å². The lowest BCUT2D eigenvalue weighted by Crippen LogP contribution is -2.61. The predicted molar refractivity (Wildman–Crippen MR) is 177 cm³/mol. The molecule has 2 unspecified atom stereocenters. The summed E-state index contributed by atoms with van der Waals surface area (Å²) in [5.74, 6) is -2.38. The molecule has 1 saturated heterocycles. The number of Topliss-reactive ketones (excluding diaryl/α,β-unsaturated/α-hetero) is 3. The molecule has 5 amide bonds. The Bertz CT molecular complexity index is 1230. The minimum absolute atomic E-state index is 0.0341. The Morgan fingerprint density at radius 1 is 0.872 bits per heavy atom. The van der Waals surface area contributed by atoms with Crippen LogP contribution in [0.25, 0.3) is 0 Å². The number of nitrogens with one attached hydrogen (secondary N) is 4. The number of hydrogen-bond donors (Lipinski definition) is 4. The fourth-order valence-electron chi connectivity index (χ4n) is 6.30. The standard InChI is InChI=1S/C35H55N5O7/c1-8-17-36-31(45)28(43)24(19-21-11-12-21)37-30(44)25-10-9-18-40(25)32(46)29(35(5,6)7)39-33(47)38-27(34(2,3)4)20-22-13-14-23(41)15-16-26(22)42/h8,21-22,24-25,27,29H,1,9-20H2,2-7H3,(H,36,45)(H,37,44)(H2,38,39,47)/t22?,24?,25-,27+,29+/m0/s1. The van der Waals surface area contributed by atoms with E-state index in [0.717, 1.165) is 12.8 Å². The zero-order valence-electron chi connectivity index (χ0n) is 29.0. The number of likely N-dealkylation sites (tertiary alicyclic amines) is 1. The van der Waals surface area contributed by atoms with Crippen molar-refractivity contribution in [2.24, 2.45) is 22.7 Å². The van der Waals surface area contributed by atoms with Crippen molar-refractivity contribution in [1.29, 1.82) is 0 Å². The Morgan fingerprint density at radius 2 is 1.55 bits per heavy atom. The SMILES string of the molecule is C=CCNC(=O)C(=O)C(CC1CC1)NC(=O)[C@@H]1CCCN1C(=O)[C@@H](NC(=O)N[C@H](CC1CCC(=O)CCC1=O)C(C)(C)C)C(C)(C)C. The third-order valence-electron chi connectivity index (χ3n) is 9.50. The molecule has 0 radical (unpaired) electrons. The fraction of sp³-hybridized carbons (Fsp3) is 0.743. The first kappa shape index (κ1) is 37.9. The van der Waals surface area contributed by atoms with Crippen LogP contribution in [0.1, 0.15) is 106 Å². The summed E-state index contributed by atoms with van der Waals surface area (Å²) in [5, 5.41) is 11.1. The normalized spacial score (nSPS) is 22.4. The number of ketones is 3. The summed E-state index contributed by atoms with van der Waals surface area (Å²) in [6.45, 7) is 15.4. The van der Waals surface area contributed by atoms with E-state index in [9.17, 15) is 33.6 Å². The molecule has 1 aliphatic heterocycles. The number of rotatable bonds is 13. The van der Waals surface area contributed by atoms with Crippen molar-refractivity contribution < 1.29 is 33.6 Å². The summed E-state index contributed by atoms with van der Waals surface area (Å²) in [6.07, 6.45) is 6.31. The molecular formula is C35H55N5O7. The maximum atomic E-state index is 14.1. The number of carbonyl (C=O) groups is 7. The lowest BCUT2D eigenvalue weighted by molar-refractivity contribution is -0.143. The zero-order chi connectivity index (χ0) is 35.1. The van der Waals surface area contributed by atoms with Crippen LogP contribution in [-0.4, -0.2) is 83.3 Å². The van der Waals surface area contributed by atoms with Gasteiger partial charge in [-0.05, 0) is 48.9 Å². The number of amides is 5. The summed E-state index contributed by atoms with van der Waals surface area (Å²) in [6, 6.07) is -3.80. The second-order valence-electron chi connectivity index (χ2n) is 15.6. The van der Waals surface area contributed by atoms with Gasteiger partial charge in [-0.15, -0.1) is 6.58 Å². The number of carbonyl (C=O) groups excluding carboxylic acids is 7. The van der Waals surface area contributed by atoms with Gasteiger partial charge in [-0.2, -0.15) is 0 Å². The van der Waals surface area contributed by atoms with Crippen molar-refractivity contribution >= 4 is 41.1 Å². The molecule has 0 aromatic heterocycles. The van der Waals surface area contributed by atoms with E-state index in [0.29, 0.717) is 45.1 Å². The largest absolute Gasteiger partial charge is 0.346 e. The van der Waals surface area contributed by atoms with E-state index in [1.807, 2.05) is 41.5 Å². The van der Waals surface area contributed by atoms with Crippen molar-refractivity contribution in [2.75, 3.05) is 13.1 Å². The highest BCUT2D eigenvalue weighted by atomic mass is 16.2. The van der Waals surface area contributed by atoms with E-state index in [2.05, 4.69) is 27.8 Å². The lowest BCUT2D eigenvalue weighted by atomic mass is 9.79. The molecular weight excluding hydrogens is 602 g/mol. The predicted octanol–water partition coefficient (Wildman–Crippen LogP) is 2.98. The molecule has 0 spiro atoms. The van der Waals surface area contributed by atoms with Crippen LogP contribution in [0.5, 0.6) is 0 Å². The Labute approximate surface area is 279 Å². The van der Waals surface area contributed by atoms with Gasteiger partial charge in [0.25, 0.3) is 5.91 Å². The summed E-state index contributed by atoms with van der Waals surface area (Å²) in [4.78, 5) is 92.7. The maximum absolute atomic E-state index is 14.1. The van der Waals surface area contributed by atoms with E-state index in [4.69, 9.17) is 0 Å². The Kier molecular flexibility index (Phi) is 12.9. The summed E-state index contributed by atoms with van der Waals surface area (Å²) in [7, 11) is 0. The van der Waals surface area contributed by atoms with E-state index in [-0.39, 0.29) is 42.8 Å². The van der Waals surface area contributed by atoms with Crippen LogP contribution in [0, 0.1) is 22.7 Å². The molecule has 47 heavy (non-hydrogen) atoms. The van der Waals surface area contributed by atoms with E-state index in [1.54, 1.807) is 0 Å². The van der Waals surface area contributed by atoms with Crippen LogP contribution in [0.15, 0.2) is 12.7 Å². The highest BCUT2D eigenvalue weighted by Crippen LogP contribution is 2.34. The van der Waals surface area contributed by atoms with Gasteiger partial charge in [-0.1, -0.05) is 60.5 Å². The summed E-state index contributed by atoms with van der Waals surface area (Å²) in [5.41, 5.74) is -1.13. The van der Waals surface area contributed by atoms with E-state index in [1.165, 1.54) is 11.0 Å². The van der Waals surface area contributed by atoms with Gasteiger partial charge in [0, 0.05) is 44.3 Å². The van der Waals surface area contributed by atoms with E-state index < -0.39 is 64.5 Å². The molecule has 1 heterocycles. The van der Waals surface area contributed by atoms with Crippen LogP contribution in [0.2, 0.25) is 0 Å². The average Bonchev–Trinajstić information content (AvgIpc) is 3.70. The number of urea groups is 1. The maximum Gasteiger partial charge on any atom is 0.315 e. The lowest BCUT2D eigenvalue weighted by Gasteiger charge is -2.37. The Balaban J connectivity index is 1.72. The van der Waals surface area contributed by atoms with Crippen molar-refractivity contribution in [3.8, 4) is 0 Å². The summed E-state index contributed by atoms with van der Waals surface area (Å²) >= 11 is 0. The third-order valence-corrected chi connectivity index (χ3v) is 9.50. The molecule has 0 aromatic carbocycles. The molecule has 12 nitrogen and oxygen atoms in total. The van der Waals surface area contributed by atoms with Crippen molar-refractivity contribution in [2.45, 2.75) is 130 Å². The number of hydrogen-bond acceptors (Lipinski definition) is 7. The first-order valence-electron chi connectivity index (χ1n) is 17.1. The van der Waals surface area contributed by atoms with Gasteiger partial charge >= 0.3 is 6.03 Å². The smallest absolute Gasteiger partial charge is 0.315 e. The monoisotopic (exact) mass is 657 g/mol. The van der Waals surface area contributed by atoms with Crippen molar-refractivity contribution in [3.05, 3.63) is 12.7 Å². The Morgan fingerprint density at radius 3 is 2.15 bits per heavy atom. The molecule has 3 rings (SSSR count). The molecule has 0 aromatic rings. The zero-order valence-corrected chi connectivity index (χ0v) is 29.0. The quantitative estimate of drug-likeness (QED) is 0.134. The molecule has 3 fully saturated rings. The molecule has 5 atom stereocenters. The van der Waals surface area contributed by atoms with Crippen LogP contribution >= 0.6 is 0 Å². The molecule has 4 N–H and O–H groups in total. The molecule has 12 heteroatoms. The Hall–Kier alpha value is -3.57. The van der Waals surface area contributed by atoms with Crippen molar-refractivity contribution in [1.82, 2.24) is 26.2 Å². The topological polar surface area (TPSA) is 171 Å². The molecule has 2 saturated carbocycles. The first-order valence-corrected chi connectivity index (χ1v) is 17.1. The highest BCUT2D eigenvalue weighted by Gasteiger charge is 2.44. The van der Waals surface area contributed by atoms with Gasteiger partial charge in [-0.3, -0.25) is 28.8 Å². The summed E-state index contributed by atoms with van der Waals surface area (Å²) < 4.78 is 0. The second kappa shape index (κ2) is 16.0. The van der Waals surface area contributed by atoms with Gasteiger partial charge < -0.3 is 26.2 Å². The second-order valence-corrected chi connectivity index (χ2v) is 15.6. The van der Waals surface area contributed by atoms with Gasteiger partial charge in [0.1, 0.15) is 23.7 Å². The average molecular weight is 658 g/mol. The van der Waals surface area contributed by atoms with Crippen molar-refractivity contribution in [3.63, 3.8) is 0 Å². The van der Waals surface area contributed by atoms with Gasteiger partial charge in [-0.25, -0.2) is 4.79 Å². The first-order chi connectivity index (χ1) is 21.9. The highest BCUT2D eigenvalue weighted by molar-refractivity contribution is 6.38. The molecule has 0 bridgehead atoms. The van der Waals surface area contributed by atoms with Crippen LogP contribution in [-0.2, 0) is 28.8 Å². The van der Waals surface area contributed by atoms with Gasteiger partial charge in [0.05, 0.1) is 6.04 Å². The van der Waals surface area contributed by atoms with Gasteiger partial charge in [0.2, 0.25) is 17.6 Å². The third kappa shape index (κ3) is 11.0. The van der Waals surface area contributed by atoms with E-state index >= 15 is 0 Å². The molecule has 262 valence electrons. The minimum atomic E-state index is -0.993. The van der Waals surface area contributed by atoms with Crippen LogP contribution in [0.3, 0.4) is 0 Å².